The molecule has 0 atom stereocenters. The van der Waals surface area contributed by atoms with Crippen molar-refractivity contribution in [3.63, 3.8) is 0 Å². The zero-order valence-electron chi connectivity index (χ0n) is 10.3. The van der Waals surface area contributed by atoms with Crippen molar-refractivity contribution in [2.75, 3.05) is 28.4 Å². The highest BCUT2D eigenvalue weighted by Gasteiger charge is 2.15. The molecule has 1 aromatic carbocycles. The Morgan fingerprint density at radius 3 is 1.88 bits per heavy atom. The lowest BCUT2D eigenvalue weighted by molar-refractivity contribution is -0.136. The lowest BCUT2D eigenvalue weighted by Gasteiger charge is -2.13. The molecule has 0 aliphatic rings. The minimum Gasteiger partial charge on any atom is -0.493 e. The van der Waals surface area contributed by atoms with Gasteiger partial charge in [0, 0.05) is 0 Å². The Morgan fingerprint density at radius 2 is 1.53 bits per heavy atom. The van der Waals surface area contributed by atoms with Gasteiger partial charge >= 0.3 is 5.97 Å². The van der Waals surface area contributed by atoms with Crippen molar-refractivity contribution < 1.29 is 23.7 Å². The Hall–Kier alpha value is -1.91. The third kappa shape index (κ3) is 3.03. The minimum absolute atomic E-state index is 0.445. The molecule has 0 fully saturated rings. The zero-order chi connectivity index (χ0) is 12.8. The van der Waals surface area contributed by atoms with Gasteiger partial charge in [-0.2, -0.15) is 0 Å². The normalized spacial score (nSPS) is 9.65. The average Bonchev–Trinajstić information content (AvgIpc) is 2.37. The van der Waals surface area contributed by atoms with Crippen molar-refractivity contribution in [3.8, 4) is 17.2 Å². The van der Waals surface area contributed by atoms with Crippen molar-refractivity contribution in [2.45, 2.75) is 0 Å². The molecule has 1 aromatic rings. The van der Waals surface area contributed by atoms with E-state index in [0.29, 0.717) is 22.8 Å². The smallest absolute Gasteiger partial charge is 0.314 e. The first-order chi connectivity index (χ1) is 8.15. The Balaban J connectivity index is 3.13. The number of carbonyl (C=O) groups is 1. The summed E-state index contributed by atoms with van der Waals surface area (Å²) in [6, 6.07) is 3.33. The van der Waals surface area contributed by atoms with Gasteiger partial charge in [-0.05, 0) is 17.7 Å². The molecule has 0 N–H and O–H groups in total. The van der Waals surface area contributed by atoms with Crippen LogP contribution in [0.15, 0.2) is 12.1 Å². The molecular formula is C12H15O5. The van der Waals surface area contributed by atoms with Gasteiger partial charge in [0.05, 0.1) is 34.9 Å². The van der Waals surface area contributed by atoms with Crippen LogP contribution in [-0.2, 0) is 9.53 Å². The van der Waals surface area contributed by atoms with Gasteiger partial charge in [-0.15, -0.1) is 0 Å². The fraction of sp³-hybridized carbons (Fsp3) is 0.333. The van der Waals surface area contributed by atoms with Crippen LogP contribution in [0.25, 0.3) is 0 Å². The van der Waals surface area contributed by atoms with Crippen LogP contribution >= 0.6 is 0 Å². The SMILES string of the molecule is COC(=O)[CH]c1cc(OC)c(OC)c(OC)c1. The standard InChI is InChI=1S/C12H15O5/c1-14-9-5-8(7-11(13)16-3)6-10(15-2)12(9)17-4/h5-7H,1-4H3. The van der Waals surface area contributed by atoms with Crippen LogP contribution in [0.3, 0.4) is 0 Å². The van der Waals surface area contributed by atoms with Crippen molar-refractivity contribution >= 4 is 5.97 Å². The molecule has 0 saturated carbocycles. The number of esters is 1. The maximum Gasteiger partial charge on any atom is 0.314 e. The van der Waals surface area contributed by atoms with Crippen molar-refractivity contribution in [1.82, 2.24) is 0 Å². The first-order valence-electron chi connectivity index (χ1n) is 4.89. The molecule has 5 nitrogen and oxygen atoms in total. The van der Waals surface area contributed by atoms with Crippen LogP contribution in [0.4, 0.5) is 0 Å². The summed E-state index contributed by atoms with van der Waals surface area (Å²) in [4.78, 5) is 11.1. The Bertz CT molecular complexity index is 375. The van der Waals surface area contributed by atoms with Gasteiger partial charge in [0.2, 0.25) is 5.75 Å². The summed E-state index contributed by atoms with van der Waals surface area (Å²) in [7, 11) is 5.86. The maximum atomic E-state index is 11.1. The molecule has 1 rings (SSSR count). The second-order valence-electron chi connectivity index (χ2n) is 3.13. The number of carbonyl (C=O) groups excluding carboxylic acids is 1. The van der Waals surface area contributed by atoms with E-state index in [2.05, 4.69) is 4.74 Å². The van der Waals surface area contributed by atoms with Crippen molar-refractivity contribution in [2.24, 2.45) is 0 Å². The van der Waals surface area contributed by atoms with Crippen molar-refractivity contribution in [3.05, 3.63) is 24.1 Å². The van der Waals surface area contributed by atoms with E-state index >= 15 is 0 Å². The van der Waals surface area contributed by atoms with Gasteiger partial charge in [-0.25, -0.2) is 0 Å². The summed E-state index contributed by atoms with van der Waals surface area (Å²) < 4.78 is 20.0. The van der Waals surface area contributed by atoms with Gasteiger partial charge in [0.25, 0.3) is 0 Å². The van der Waals surface area contributed by atoms with E-state index in [1.165, 1.54) is 34.9 Å². The molecule has 0 aliphatic heterocycles. The van der Waals surface area contributed by atoms with E-state index in [-0.39, 0.29) is 0 Å². The van der Waals surface area contributed by atoms with Gasteiger partial charge in [-0.3, -0.25) is 4.79 Å². The molecule has 5 heteroatoms. The first kappa shape index (κ1) is 13.2. The highest BCUT2D eigenvalue weighted by Crippen LogP contribution is 2.38. The number of rotatable bonds is 5. The van der Waals surface area contributed by atoms with Crippen molar-refractivity contribution in [1.29, 1.82) is 0 Å². The molecule has 1 radical (unpaired) electrons. The predicted octanol–water partition coefficient (Wildman–Crippen LogP) is 1.44. The van der Waals surface area contributed by atoms with E-state index in [1.54, 1.807) is 12.1 Å². The minimum atomic E-state index is -0.445. The van der Waals surface area contributed by atoms with Gasteiger partial charge < -0.3 is 18.9 Å². The number of methoxy groups -OCH3 is 4. The van der Waals surface area contributed by atoms with E-state index in [0.717, 1.165) is 0 Å². The molecule has 0 saturated heterocycles. The number of benzene rings is 1. The molecule has 93 valence electrons. The van der Waals surface area contributed by atoms with Crippen LogP contribution in [0.5, 0.6) is 17.2 Å². The Kier molecular flexibility index (Phi) is 4.63. The Labute approximate surface area is 100 Å². The second kappa shape index (κ2) is 5.98. The van der Waals surface area contributed by atoms with E-state index < -0.39 is 5.97 Å². The largest absolute Gasteiger partial charge is 0.493 e. The molecule has 0 aliphatic carbocycles. The lowest BCUT2D eigenvalue weighted by Crippen LogP contribution is -2.03. The van der Waals surface area contributed by atoms with Crippen LogP contribution in [0, 0.1) is 6.42 Å². The fourth-order valence-electron chi connectivity index (χ4n) is 1.38. The summed E-state index contributed by atoms with van der Waals surface area (Å²) in [5, 5.41) is 0. The van der Waals surface area contributed by atoms with Crippen LogP contribution in [0.2, 0.25) is 0 Å². The second-order valence-corrected chi connectivity index (χ2v) is 3.13. The van der Waals surface area contributed by atoms with E-state index in [9.17, 15) is 4.79 Å². The molecular weight excluding hydrogens is 224 g/mol. The third-order valence-electron chi connectivity index (χ3n) is 2.17. The van der Waals surface area contributed by atoms with Crippen LogP contribution < -0.4 is 14.2 Å². The summed E-state index contributed by atoms with van der Waals surface area (Å²) in [5.41, 5.74) is 0.617. The summed E-state index contributed by atoms with van der Waals surface area (Å²) in [6.07, 6.45) is 1.34. The quantitative estimate of drug-likeness (QED) is 0.728. The Morgan fingerprint density at radius 1 is 1.00 bits per heavy atom. The number of ether oxygens (including phenoxy) is 4. The van der Waals surface area contributed by atoms with E-state index in [1.807, 2.05) is 0 Å². The van der Waals surface area contributed by atoms with Crippen LogP contribution in [-0.4, -0.2) is 34.4 Å². The highest BCUT2D eigenvalue weighted by molar-refractivity contribution is 5.83. The van der Waals surface area contributed by atoms with Gasteiger partial charge in [-0.1, -0.05) is 0 Å². The highest BCUT2D eigenvalue weighted by atomic mass is 16.5. The summed E-state index contributed by atoms with van der Waals surface area (Å²) in [6.45, 7) is 0. The first-order valence-corrected chi connectivity index (χ1v) is 4.89. The monoisotopic (exact) mass is 239 g/mol. The molecule has 0 bridgehead atoms. The predicted molar refractivity (Wildman–Crippen MR) is 61.5 cm³/mol. The van der Waals surface area contributed by atoms with E-state index in [4.69, 9.17) is 14.2 Å². The van der Waals surface area contributed by atoms with Gasteiger partial charge in [0.15, 0.2) is 11.5 Å². The zero-order valence-corrected chi connectivity index (χ0v) is 10.3. The summed E-state index contributed by atoms with van der Waals surface area (Å²) >= 11 is 0. The molecule has 0 spiro atoms. The molecule has 0 unspecified atom stereocenters. The molecule has 0 aromatic heterocycles. The third-order valence-corrected chi connectivity index (χ3v) is 2.17. The maximum absolute atomic E-state index is 11.1. The average molecular weight is 239 g/mol. The number of hydrogen-bond acceptors (Lipinski definition) is 5. The molecule has 0 heterocycles. The molecule has 17 heavy (non-hydrogen) atoms. The van der Waals surface area contributed by atoms with Gasteiger partial charge in [0.1, 0.15) is 0 Å². The fourth-order valence-corrected chi connectivity index (χ4v) is 1.38. The topological polar surface area (TPSA) is 54.0 Å². The van der Waals surface area contributed by atoms with Crippen LogP contribution in [0.1, 0.15) is 5.56 Å². The lowest BCUT2D eigenvalue weighted by atomic mass is 10.1. The summed E-state index contributed by atoms with van der Waals surface area (Å²) in [5.74, 6) is 1.01. The molecule has 0 amide bonds. The number of hydrogen-bond donors (Lipinski definition) is 0.